The second-order valence-electron chi connectivity index (χ2n) is 10.3. The lowest BCUT2D eigenvalue weighted by molar-refractivity contribution is -0.167. The molecule has 1 amide bonds. The van der Waals surface area contributed by atoms with Gasteiger partial charge in [-0.05, 0) is 60.2 Å². The number of ether oxygens (including phenoxy) is 1. The molecule has 36 heavy (non-hydrogen) atoms. The molecule has 3 aromatic rings. The summed E-state index contributed by atoms with van der Waals surface area (Å²) in [6, 6.07) is 15.3. The Morgan fingerprint density at radius 2 is 1.69 bits per heavy atom. The van der Waals surface area contributed by atoms with Crippen LogP contribution in [0.5, 0.6) is 0 Å². The maximum atomic E-state index is 13.3. The molecule has 0 aliphatic heterocycles. The van der Waals surface area contributed by atoms with Crippen molar-refractivity contribution in [2.75, 3.05) is 0 Å². The fraction of sp³-hybridized carbons (Fsp3) is 0.464. The van der Waals surface area contributed by atoms with Gasteiger partial charge in [-0.25, -0.2) is 9.89 Å². The van der Waals surface area contributed by atoms with Crippen LogP contribution in [0.15, 0.2) is 48.5 Å². The average molecular weight is 492 g/mol. The number of benzene rings is 2. The van der Waals surface area contributed by atoms with Gasteiger partial charge < -0.3 is 9.64 Å². The van der Waals surface area contributed by atoms with Crippen molar-refractivity contribution in [3.63, 3.8) is 0 Å². The topological polar surface area (TPSA) is 101 Å². The van der Waals surface area contributed by atoms with Gasteiger partial charge in [-0.15, -0.1) is 5.10 Å². The molecule has 1 aromatic heterocycles. The first kappa shape index (κ1) is 27.0. The molecule has 1 heterocycles. The maximum Gasteiger partial charge on any atom is 0.329 e. The summed E-state index contributed by atoms with van der Waals surface area (Å²) in [5, 5.41) is 14.2. The van der Waals surface area contributed by atoms with Crippen molar-refractivity contribution in [1.29, 1.82) is 0 Å². The van der Waals surface area contributed by atoms with Crippen LogP contribution in [0.3, 0.4) is 0 Å². The number of esters is 1. The molecule has 0 unspecified atom stereocenters. The monoisotopic (exact) mass is 491 g/mol. The molecule has 0 bridgehead atoms. The van der Waals surface area contributed by atoms with Gasteiger partial charge in [0.1, 0.15) is 11.6 Å². The molecule has 1 atom stereocenters. The fourth-order valence-electron chi connectivity index (χ4n) is 4.14. The SMILES string of the molecule is CCCCC(=O)N(Cc1ccc(-c2ccccc2-c2nnn[nH]2)cc1)[C@H](C(=O)OC(C)(C)C)C(C)C. The number of hydrogen-bond acceptors (Lipinski definition) is 6. The zero-order chi connectivity index (χ0) is 26.3. The van der Waals surface area contributed by atoms with Crippen molar-refractivity contribution in [3.05, 3.63) is 54.1 Å². The molecule has 0 saturated carbocycles. The fourth-order valence-corrected chi connectivity index (χ4v) is 4.14. The first-order valence-corrected chi connectivity index (χ1v) is 12.6. The van der Waals surface area contributed by atoms with Crippen molar-refractivity contribution in [3.8, 4) is 22.5 Å². The highest BCUT2D eigenvalue weighted by atomic mass is 16.6. The molecule has 0 saturated heterocycles. The molecule has 8 nitrogen and oxygen atoms in total. The van der Waals surface area contributed by atoms with Crippen LogP contribution < -0.4 is 0 Å². The van der Waals surface area contributed by atoms with E-state index >= 15 is 0 Å². The number of H-pyrrole nitrogens is 1. The lowest BCUT2D eigenvalue weighted by Gasteiger charge is -2.35. The Labute approximate surface area is 213 Å². The van der Waals surface area contributed by atoms with Crippen molar-refractivity contribution >= 4 is 11.9 Å². The number of rotatable bonds is 10. The summed E-state index contributed by atoms with van der Waals surface area (Å²) < 4.78 is 5.71. The minimum atomic E-state index is -0.659. The Bertz CT molecular complexity index is 1130. The third-order valence-corrected chi connectivity index (χ3v) is 5.83. The molecule has 0 aliphatic rings. The van der Waals surface area contributed by atoms with Gasteiger partial charge in [0, 0.05) is 18.5 Å². The van der Waals surface area contributed by atoms with E-state index in [4.69, 9.17) is 4.74 Å². The molecule has 0 spiro atoms. The molecule has 1 N–H and O–H groups in total. The molecule has 3 rings (SSSR count). The summed E-state index contributed by atoms with van der Waals surface area (Å²) in [5.74, 6) is 0.105. The normalized spacial score (nSPS) is 12.4. The maximum absolute atomic E-state index is 13.3. The number of carbonyl (C=O) groups is 2. The number of amides is 1. The number of nitrogens with zero attached hydrogens (tertiary/aromatic N) is 4. The first-order chi connectivity index (χ1) is 17.1. The van der Waals surface area contributed by atoms with Crippen LogP contribution >= 0.6 is 0 Å². The van der Waals surface area contributed by atoms with Gasteiger partial charge in [0.05, 0.1) is 0 Å². The number of hydrogen-bond donors (Lipinski definition) is 1. The number of nitrogens with one attached hydrogen (secondary N) is 1. The summed E-state index contributed by atoms with van der Waals surface area (Å²) in [6.07, 6.45) is 2.09. The number of unbranched alkanes of at least 4 members (excludes halogenated alkanes) is 1. The summed E-state index contributed by atoms with van der Waals surface area (Å²) >= 11 is 0. The second kappa shape index (κ2) is 11.9. The van der Waals surface area contributed by atoms with Crippen molar-refractivity contribution < 1.29 is 14.3 Å². The van der Waals surface area contributed by atoms with E-state index in [0.717, 1.165) is 35.1 Å². The zero-order valence-electron chi connectivity index (χ0n) is 22.1. The van der Waals surface area contributed by atoms with Crippen LogP contribution in [0.4, 0.5) is 0 Å². The smallest absolute Gasteiger partial charge is 0.329 e. The van der Waals surface area contributed by atoms with Crippen molar-refractivity contribution in [1.82, 2.24) is 25.5 Å². The summed E-state index contributed by atoms with van der Waals surface area (Å²) in [4.78, 5) is 28.1. The quantitative estimate of drug-likeness (QED) is 0.380. The van der Waals surface area contributed by atoms with Gasteiger partial charge in [-0.3, -0.25) is 4.79 Å². The Hall–Kier alpha value is -3.55. The molecular weight excluding hydrogens is 454 g/mol. The molecule has 0 fully saturated rings. The summed E-state index contributed by atoms with van der Waals surface area (Å²) in [6.45, 7) is 11.8. The molecule has 192 valence electrons. The third-order valence-electron chi connectivity index (χ3n) is 5.83. The zero-order valence-corrected chi connectivity index (χ0v) is 22.1. The highest BCUT2D eigenvalue weighted by Crippen LogP contribution is 2.30. The number of aromatic nitrogens is 4. The van der Waals surface area contributed by atoms with E-state index in [2.05, 4.69) is 27.5 Å². The molecule has 2 aromatic carbocycles. The Balaban J connectivity index is 1.89. The Morgan fingerprint density at radius 3 is 2.25 bits per heavy atom. The number of carbonyl (C=O) groups excluding carboxylic acids is 2. The molecule has 0 aliphatic carbocycles. The van der Waals surface area contributed by atoms with Crippen LogP contribution in [0.25, 0.3) is 22.5 Å². The van der Waals surface area contributed by atoms with E-state index in [1.54, 1.807) is 4.90 Å². The highest BCUT2D eigenvalue weighted by molar-refractivity contribution is 5.85. The summed E-state index contributed by atoms with van der Waals surface area (Å²) in [5.41, 5.74) is 3.21. The Kier molecular flexibility index (Phi) is 8.96. The highest BCUT2D eigenvalue weighted by Gasteiger charge is 2.35. The molecule has 8 heteroatoms. The lowest BCUT2D eigenvalue weighted by atomic mass is 9.97. The predicted octanol–water partition coefficient (Wildman–Crippen LogP) is 5.42. The third kappa shape index (κ3) is 6.99. The van der Waals surface area contributed by atoms with Crippen LogP contribution in [-0.4, -0.2) is 49.0 Å². The first-order valence-electron chi connectivity index (χ1n) is 12.6. The van der Waals surface area contributed by atoms with E-state index < -0.39 is 11.6 Å². The van der Waals surface area contributed by atoms with Crippen molar-refractivity contribution in [2.24, 2.45) is 5.92 Å². The molecule has 0 radical (unpaired) electrons. The van der Waals surface area contributed by atoms with Gasteiger partial charge in [0.25, 0.3) is 0 Å². The van der Waals surface area contributed by atoms with E-state index in [-0.39, 0.29) is 17.8 Å². The van der Waals surface area contributed by atoms with E-state index in [0.29, 0.717) is 18.8 Å². The number of aromatic amines is 1. The largest absolute Gasteiger partial charge is 0.458 e. The van der Waals surface area contributed by atoms with E-state index in [9.17, 15) is 9.59 Å². The minimum Gasteiger partial charge on any atom is -0.458 e. The van der Waals surface area contributed by atoms with Crippen molar-refractivity contribution in [2.45, 2.75) is 79.0 Å². The average Bonchev–Trinajstić information content (AvgIpc) is 3.36. The Morgan fingerprint density at radius 1 is 1.03 bits per heavy atom. The van der Waals surface area contributed by atoms with Gasteiger partial charge in [0.2, 0.25) is 5.91 Å². The van der Waals surface area contributed by atoms with Gasteiger partial charge in [-0.2, -0.15) is 0 Å². The van der Waals surface area contributed by atoms with Gasteiger partial charge >= 0.3 is 5.97 Å². The number of tetrazole rings is 1. The minimum absolute atomic E-state index is 0.0337. The van der Waals surface area contributed by atoms with Crippen LogP contribution in [0, 0.1) is 5.92 Å². The standard InChI is InChI=1S/C28H37N5O3/c1-7-8-13-24(34)33(25(19(2)3)27(35)36-28(4,5)6)18-20-14-16-21(17-15-20)22-11-9-10-12-23(22)26-29-31-32-30-26/h9-12,14-17,19,25H,7-8,13,18H2,1-6H3,(H,29,30,31,32)/t25-/m0/s1. The van der Waals surface area contributed by atoms with Crippen LogP contribution in [-0.2, 0) is 20.9 Å². The van der Waals surface area contributed by atoms with Gasteiger partial charge in [-0.1, -0.05) is 75.7 Å². The van der Waals surface area contributed by atoms with Crippen LogP contribution in [0.1, 0.15) is 66.4 Å². The van der Waals surface area contributed by atoms with Gasteiger partial charge in [0.15, 0.2) is 5.82 Å². The molecular formula is C28H37N5O3. The lowest BCUT2D eigenvalue weighted by Crippen LogP contribution is -2.49. The summed E-state index contributed by atoms with van der Waals surface area (Å²) in [7, 11) is 0. The van der Waals surface area contributed by atoms with Crippen LogP contribution in [0.2, 0.25) is 0 Å². The predicted molar refractivity (Wildman–Crippen MR) is 140 cm³/mol. The second-order valence-corrected chi connectivity index (χ2v) is 10.3. The van der Waals surface area contributed by atoms with E-state index in [1.165, 1.54) is 0 Å². The van der Waals surface area contributed by atoms with E-state index in [1.807, 2.05) is 83.1 Å².